The second-order valence-corrected chi connectivity index (χ2v) is 5.33. The third-order valence-electron chi connectivity index (χ3n) is 3.25. The second kappa shape index (κ2) is 7.42. The number of anilines is 1. The molecule has 112 valence electrons. The maximum absolute atomic E-state index is 11.6. The van der Waals surface area contributed by atoms with Crippen molar-refractivity contribution in [1.82, 2.24) is 8.75 Å². The molecule has 0 aliphatic carbocycles. The Bertz CT molecular complexity index is 430. The topological polar surface area (TPSA) is 64.5 Å². The van der Waals surface area contributed by atoms with Gasteiger partial charge in [0.1, 0.15) is 0 Å². The monoisotopic (exact) mass is 299 g/mol. The van der Waals surface area contributed by atoms with E-state index in [9.17, 15) is 4.79 Å². The molecular formula is C13H21N3O3S. The average molecular weight is 299 g/mol. The number of hydrogen-bond acceptors (Lipinski definition) is 7. The van der Waals surface area contributed by atoms with Crippen LogP contribution in [0.4, 0.5) is 5.82 Å². The molecule has 0 saturated carbocycles. The Labute approximate surface area is 123 Å². The van der Waals surface area contributed by atoms with Gasteiger partial charge in [0, 0.05) is 13.1 Å². The van der Waals surface area contributed by atoms with Crippen molar-refractivity contribution in [3.63, 3.8) is 0 Å². The lowest BCUT2D eigenvalue weighted by Crippen LogP contribution is -2.29. The van der Waals surface area contributed by atoms with Crippen molar-refractivity contribution in [2.45, 2.75) is 45.6 Å². The Kier molecular flexibility index (Phi) is 5.58. The van der Waals surface area contributed by atoms with Crippen molar-refractivity contribution in [1.29, 1.82) is 0 Å². The van der Waals surface area contributed by atoms with Crippen molar-refractivity contribution < 1.29 is 14.3 Å². The van der Waals surface area contributed by atoms with Gasteiger partial charge >= 0.3 is 5.97 Å². The fourth-order valence-corrected chi connectivity index (χ4v) is 2.71. The number of carbonyl (C=O) groups is 1. The molecule has 0 N–H and O–H groups in total. The van der Waals surface area contributed by atoms with Gasteiger partial charge in [-0.3, -0.25) is 0 Å². The van der Waals surface area contributed by atoms with Crippen molar-refractivity contribution in [2.24, 2.45) is 0 Å². The van der Waals surface area contributed by atoms with E-state index in [1.54, 1.807) is 13.8 Å². The molecule has 1 aliphatic heterocycles. The zero-order valence-electron chi connectivity index (χ0n) is 12.0. The van der Waals surface area contributed by atoms with Crippen LogP contribution < -0.4 is 9.64 Å². The van der Waals surface area contributed by atoms with Crippen LogP contribution in [-0.2, 0) is 9.53 Å². The molecule has 0 bridgehead atoms. The Morgan fingerprint density at radius 2 is 2.00 bits per heavy atom. The number of hydrogen-bond donors (Lipinski definition) is 0. The van der Waals surface area contributed by atoms with Gasteiger partial charge in [-0.1, -0.05) is 12.8 Å². The largest absolute Gasteiger partial charge is 0.463 e. The highest BCUT2D eigenvalue weighted by Crippen LogP contribution is 2.28. The molecule has 1 aromatic heterocycles. The van der Waals surface area contributed by atoms with Gasteiger partial charge in [-0.2, -0.15) is 4.37 Å². The Morgan fingerprint density at radius 3 is 2.65 bits per heavy atom. The molecule has 0 spiro atoms. The smallest absolute Gasteiger partial charge is 0.347 e. The third-order valence-corrected chi connectivity index (χ3v) is 3.76. The summed E-state index contributed by atoms with van der Waals surface area (Å²) in [5, 5.41) is 0. The minimum Gasteiger partial charge on any atom is -0.463 e. The van der Waals surface area contributed by atoms with Crippen LogP contribution in [0.5, 0.6) is 5.88 Å². The molecule has 0 radical (unpaired) electrons. The molecule has 2 rings (SSSR count). The van der Waals surface area contributed by atoms with Gasteiger partial charge < -0.3 is 14.4 Å². The summed E-state index contributed by atoms with van der Waals surface area (Å²) < 4.78 is 19.0. The number of ether oxygens (including phenoxy) is 2. The predicted octanol–water partition coefficient (Wildman–Crippen LogP) is 2.25. The first-order chi connectivity index (χ1) is 9.72. The molecular weight excluding hydrogens is 278 g/mol. The summed E-state index contributed by atoms with van der Waals surface area (Å²) in [7, 11) is 0. The van der Waals surface area contributed by atoms with Crippen molar-refractivity contribution >= 4 is 23.5 Å². The molecule has 20 heavy (non-hydrogen) atoms. The van der Waals surface area contributed by atoms with Crippen LogP contribution in [-0.4, -0.2) is 40.5 Å². The van der Waals surface area contributed by atoms with E-state index in [0.717, 1.165) is 43.5 Å². The molecule has 1 fully saturated rings. The van der Waals surface area contributed by atoms with Crippen LogP contribution in [0.25, 0.3) is 0 Å². The van der Waals surface area contributed by atoms with E-state index in [0.29, 0.717) is 12.5 Å². The van der Waals surface area contributed by atoms with Crippen LogP contribution in [0, 0.1) is 0 Å². The quantitative estimate of drug-likeness (QED) is 0.777. The molecule has 2 heterocycles. The first-order valence-corrected chi connectivity index (χ1v) is 7.86. The van der Waals surface area contributed by atoms with Crippen molar-refractivity contribution in [3.8, 4) is 5.88 Å². The van der Waals surface area contributed by atoms with Gasteiger partial charge in [0.2, 0.25) is 5.82 Å². The minimum absolute atomic E-state index is 0.348. The molecule has 7 heteroatoms. The maximum Gasteiger partial charge on any atom is 0.347 e. The summed E-state index contributed by atoms with van der Waals surface area (Å²) in [6.07, 6.45) is 4.16. The van der Waals surface area contributed by atoms with E-state index in [4.69, 9.17) is 9.47 Å². The number of aromatic nitrogens is 2. The highest BCUT2D eigenvalue weighted by Gasteiger charge is 2.23. The standard InChI is InChI=1S/C13H21N3O3S/c1-3-18-13(17)10(2)19-12-11(14-20-15-12)16-8-6-4-5-7-9-16/h10H,3-9H2,1-2H3. The van der Waals surface area contributed by atoms with Crippen LogP contribution >= 0.6 is 11.7 Å². The fraction of sp³-hybridized carbons (Fsp3) is 0.769. The molecule has 6 nitrogen and oxygen atoms in total. The van der Waals surface area contributed by atoms with E-state index in [1.165, 1.54) is 12.8 Å². The Balaban J connectivity index is 2.02. The molecule has 0 aromatic carbocycles. The van der Waals surface area contributed by atoms with Crippen LogP contribution in [0.15, 0.2) is 0 Å². The third kappa shape index (κ3) is 3.82. The van der Waals surface area contributed by atoms with E-state index in [-0.39, 0.29) is 5.97 Å². The lowest BCUT2D eigenvalue weighted by atomic mass is 10.2. The van der Waals surface area contributed by atoms with E-state index in [1.807, 2.05) is 0 Å². The first kappa shape index (κ1) is 15.0. The second-order valence-electron chi connectivity index (χ2n) is 4.81. The summed E-state index contributed by atoms with van der Waals surface area (Å²) in [4.78, 5) is 13.8. The summed E-state index contributed by atoms with van der Waals surface area (Å²) in [5.41, 5.74) is 0. The number of carbonyl (C=O) groups excluding carboxylic acids is 1. The zero-order chi connectivity index (χ0) is 14.4. The van der Waals surface area contributed by atoms with Crippen LogP contribution in [0.1, 0.15) is 39.5 Å². The van der Waals surface area contributed by atoms with Crippen molar-refractivity contribution in [2.75, 3.05) is 24.6 Å². The normalized spacial score (nSPS) is 17.4. The Morgan fingerprint density at radius 1 is 1.30 bits per heavy atom. The number of nitrogens with zero attached hydrogens (tertiary/aromatic N) is 3. The minimum atomic E-state index is -0.662. The molecule has 1 saturated heterocycles. The zero-order valence-corrected chi connectivity index (χ0v) is 12.8. The van der Waals surface area contributed by atoms with Gasteiger partial charge in [-0.05, 0) is 26.7 Å². The molecule has 1 aliphatic rings. The Hall–Kier alpha value is -1.37. The SMILES string of the molecule is CCOC(=O)C(C)Oc1nsnc1N1CCCCCC1. The van der Waals surface area contributed by atoms with Gasteiger partial charge in [-0.15, -0.1) is 4.37 Å². The van der Waals surface area contributed by atoms with Crippen molar-refractivity contribution in [3.05, 3.63) is 0 Å². The van der Waals surface area contributed by atoms with Crippen LogP contribution in [0.2, 0.25) is 0 Å². The van der Waals surface area contributed by atoms with Crippen LogP contribution in [0.3, 0.4) is 0 Å². The average Bonchev–Trinajstić information content (AvgIpc) is 2.73. The highest BCUT2D eigenvalue weighted by molar-refractivity contribution is 6.99. The first-order valence-electron chi connectivity index (χ1n) is 7.13. The van der Waals surface area contributed by atoms with Gasteiger partial charge in [0.05, 0.1) is 18.3 Å². The lowest BCUT2D eigenvalue weighted by Gasteiger charge is -2.21. The number of esters is 1. The number of rotatable bonds is 5. The van der Waals surface area contributed by atoms with Gasteiger partial charge in [0.25, 0.3) is 5.88 Å². The predicted molar refractivity (Wildman–Crippen MR) is 77.3 cm³/mol. The molecule has 1 atom stereocenters. The lowest BCUT2D eigenvalue weighted by molar-refractivity contribution is -0.150. The van der Waals surface area contributed by atoms with E-state index >= 15 is 0 Å². The molecule has 1 aromatic rings. The van der Waals surface area contributed by atoms with E-state index in [2.05, 4.69) is 13.6 Å². The van der Waals surface area contributed by atoms with E-state index < -0.39 is 6.10 Å². The summed E-state index contributed by atoms with van der Waals surface area (Å²) in [6.45, 7) is 5.73. The molecule has 1 unspecified atom stereocenters. The summed E-state index contributed by atoms with van der Waals surface area (Å²) >= 11 is 1.11. The summed E-state index contributed by atoms with van der Waals surface area (Å²) in [5.74, 6) is 0.827. The fourth-order valence-electron chi connectivity index (χ4n) is 2.20. The molecule has 0 amide bonds. The maximum atomic E-state index is 11.6. The summed E-state index contributed by atoms with van der Waals surface area (Å²) in [6, 6.07) is 0. The van der Waals surface area contributed by atoms with Gasteiger partial charge in [0.15, 0.2) is 6.10 Å². The highest BCUT2D eigenvalue weighted by atomic mass is 32.1. The van der Waals surface area contributed by atoms with Gasteiger partial charge in [-0.25, -0.2) is 4.79 Å².